The maximum Gasteiger partial charge on any atom is 0.301 e. The van der Waals surface area contributed by atoms with E-state index in [4.69, 9.17) is 4.52 Å². The maximum absolute atomic E-state index is 12.1. The van der Waals surface area contributed by atoms with Crippen LogP contribution in [0.15, 0.2) is 33.8 Å². The molecule has 2 aromatic heterocycles. The summed E-state index contributed by atoms with van der Waals surface area (Å²) in [5, 5.41) is 3.71. The number of nitrogens with zero attached hydrogens (tertiary/aromatic N) is 3. The first-order chi connectivity index (χ1) is 10.1. The van der Waals surface area contributed by atoms with E-state index in [1.807, 2.05) is 11.5 Å². The van der Waals surface area contributed by atoms with Crippen molar-refractivity contribution in [1.82, 2.24) is 9.72 Å². The first-order valence-corrected chi connectivity index (χ1v) is 7.52. The highest BCUT2D eigenvalue weighted by Crippen LogP contribution is 2.19. The standard InChI is InChI=1S/C15H15N3O2S/c1-4-18-12-6-5-9(2)7-13(12)21-15(18)16-14(19)11-8-10(3)20-17-11/h5-8H,4H2,1-3H3. The summed E-state index contributed by atoms with van der Waals surface area (Å²) in [6.45, 7) is 6.59. The van der Waals surface area contributed by atoms with Crippen molar-refractivity contribution >= 4 is 27.5 Å². The van der Waals surface area contributed by atoms with Crippen LogP contribution in [-0.4, -0.2) is 15.6 Å². The van der Waals surface area contributed by atoms with E-state index in [9.17, 15) is 4.79 Å². The van der Waals surface area contributed by atoms with Gasteiger partial charge in [0.25, 0.3) is 0 Å². The molecule has 21 heavy (non-hydrogen) atoms. The van der Waals surface area contributed by atoms with E-state index in [0.29, 0.717) is 10.6 Å². The Bertz CT molecular complexity index is 886. The summed E-state index contributed by atoms with van der Waals surface area (Å²) in [6, 6.07) is 7.83. The number of aromatic nitrogens is 2. The van der Waals surface area contributed by atoms with Crippen molar-refractivity contribution in [1.29, 1.82) is 0 Å². The number of fused-ring (bicyclic) bond motifs is 1. The Morgan fingerprint density at radius 3 is 2.86 bits per heavy atom. The molecule has 0 fully saturated rings. The first-order valence-electron chi connectivity index (χ1n) is 6.71. The fraction of sp³-hybridized carbons (Fsp3) is 0.267. The summed E-state index contributed by atoms with van der Waals surface area (Å²) in [6.07, 6.45) is 0. The van der Waals surface area contributed by atoms with E-state index >= 15 is 0 Å². The topological polar surface area (TPSA) is 60.4 Å². The number of carbonyl (C=O) groups excluding carboxylic acids is 1. The largest absolute Gasteiger partial charge is 0.361 e. The first kappa shape index (κ1) is 13.8. The van der Waals surface area contributed by atoms with Gasteiger partial charge in [0, 0.05) is 12.6 Å². The number of thiazole rings is 1. The molecule has 6 heteroatoms. The van der Waals surface area contributed by atoms with Crippen LogP contribution in [0.2, 0.25) is 0 Å². The summed E-state index contributed by atoms with van der Waals surface area (Å²) < 4.78 is 8.08. The molecular weight excluding hydrogens is 286 g/mol. The summed E-state index contributed by atoms with van der Waals surface area (Å²) in [5.41, 5.74) is 2.52. The number of benzene rings is 1. The maximum atomic E-state index is 12.1. The van der Waals surface area contributed by atoms with Gasteiger partial charge in [-0.3, -0.25) is 4.79 Å². The third-order valence-electron chi connectivity index (χ3n) is 3.20. The molecule has 0 bridgehead atoms. The van der Waals surface area contributed by atoms with Gasteiger partial charge in [-0.1, -0.05) is 22.6 Å². The van der Waals surface area contributed by atoms with Gasteiger partial charge in [-0.05, 0) is 38.5 Å². The number of aryl methyl sites for hydroxylation is 3. The molecule has 0 aliphatic heterocycles. The van der Waals surface area contributed by atoms with E-state index in [1.54, 1.807) is 13.0 Å². The van der Waals surface area contributed by atoms with Gasteiger partial charge in [-0.15, -0.1) is 0 Å². The predicted molar refractivity (Wildman–Crippen MR) is 81.4 cm³/mol. The quantitative estimate of drug-likeness (QED) is 0.731. The minimum Gasteiger partial charge on any atom is -0.361 e. The molecule has 2 heterocycles. The molecule has 0 radical (unpaired) electrons. The molecular formula is C15H15N3O2S. The zero-order chi connectivity index (χ0) is 15.0. The molecule has 5 nitrogen and oxygen atoms in total. The molecule has 0 unspecified atom stereocenters. The average molecular weight is 301 g/mol. The minimum atomic E-state index is -0.377. The molecule has 108 valence electrons. The van der Waals surface area contributed by atoms with Crippen molar-refractivity contribution in [3.8, 4) is 0 Å². The van der Waals surface area contributed by atoms with E-state index in [-0.39, 0.29) is 11.6 Å². The Kier molecular flexibility index (Phi) is 3.47. The number of hydrogen-bond donors (Lipinski definition) is 0. The van der Waals surface area contributed by atoms with E-state index in [0.717, 1.165) is 16.8 Å². The highest BCUT2D eigenvalue weighted by Gasteiger charge is 2.11. The molecule has 0 aliphatic carbocycles. The van der Waals surface area contributed by atoms with E-state index < -0.39 is 0 Å². The molecule has 0 saturated heterocycles. The average Bonchev–Trinajstić information content (AvgIpc) is 3.01. The number of hydrogen-bond acceptors (Lipinski definition) is 4. The molecule has 1 aromatic carbocycles. The number of amides is 1. The van der Waals surface area contributed by atoms with Crippen molar-refractivity contribution in [3.05, 3.63) is 46.1 Å². The second kappa shape index (κ2) is 5.29. The van der Waals surface area contributed by atoms with Crippen molar-refractivity contribution < 1.29 is 9.32 Å². The van der Waals surface area contributed by atoms with E-state index in [2.05, 4.69) is 35.3 Å². The fourth-order valence-corrected chi connectivity index (χ4v) is 3.37. The zero-order valence-corrected chi connectivity index (χ0v) is 12.9. The summed E-state index contributed by atoms with van der Waals surface area (Å²) in [4.78, 5) is 17.0. The van der Waals surface area contributed by atoms with Gasteiger partial charge in [0.15, 0.2) is 10.5 Å². The molecule has 0 N–H and O–H groups in total. The van der Waals surface area contributed by atoms with Crippen molar-refractivity contribution in [2.75, 3.05) is 0 Å². The Labute approximate surface area is 125 Å². The summed E-state index contributed by atoms with van der Waals surface area (Å²) >= 11 is 1.51. The lowest BCUT2D eigenvalue weighted by molar-refractivity contribution is 0.0989. The Balaban J connectivity index is 2.15. The van der Waals surface area contributed by atoms with Crippen LogP contribution < -0.4 is 4.80 Å². The van der Waals surface area contributed by atoms with Crippen LogP contribution in [0.3, 0.4) is 0 Å². The summed E-state index contributed by atoms with van der Waals surface area (Å²) in [5.74, 6) is 0.223. The second-order valence-electron chi connectivity index (χ2n) is 4.84. The van der Waals surface area contributed by atoms with Crippen molar-refractivity contribution in [2.45, 2.75) is 27.3 Å². The van der Waals surface area contributed by atoms with Gasteiger partial charge in [-0.2, -0.15) is 4.99 Å². The van der Waals surface area contributed by atoms with Gasteiger partial charge in [-0.25, -0.2) is 0 Å². The zero-order valence-electron chi connectivity index (χ0n) is 12.1. The second-order valence-corrected chi connectivity index (χ2v) is 5.85. The van der Waals surface area contributed by atoms with Crippen LogP contribution in [0.4, 0.5) is 0 Å². The SMILES string of the molecule is CCn1c(=NC(=O)c2cc(C)on2)sc2cc(C)ccc21. The van der Waals surface area contributed by atoms with Crippen LogP contribution in [0.1, 0.15) is 28.7 Å². The molecule has 0 saturated carbocycles. The highest BCUT2D eigenvalue weighted by atomic mass is 32.1. The number of rotatable bonds is 2. The normalized spacial score (nSPS) is 12.2. The molecule has 0 atom stereocenters. The van der Waals surface area contributed by atoms with Crippen LogP contribution in [0.5, 0.6) is 0 Å². The third-order valence-corrected chi connectivity index (χ3v) is 4.24. The lowest BCUT2D eigenvalue weighted by Gasteiger charge is -1.99. The third kappa shape index (κ3) is 2.54. The van der Waals surface area contributed by atoms with Crippen LogP contribution in [0.25, 0.3) is 10.2 Å². The van der Waals surface area contributed by atoms with E-state index in [1.165, 1.54) is 16.9 Å². The number of carbonyl (C=O) groups is 1. The van der Waals surface area contributed by atoms with Gasteiger partial charge < -0.3 is 9.09 Å². The van der Waals surface area contributed by atoms with Gasteiger partial charge in [0.2, 0.25) is 0 Å². The minimum absolute atomic E-state index is 0.240. The van der Waals surface area contributed by atoms with Crippen LogP contribution >= 0.6 is 11.3 Å². The Hall–Kier alpha value is -2.21. The molecule has 0 aliphatic rings. The lowest BCUT2D eigenvalue weighted by Crippen LogP contribution is -2.15. The van der Waals surface area contributed by atoms with Crippen molar-refractivity contribution in [3.63, 3.8) is 0 Å². The fourth-order valence-electron chi connectivity index (χ4n) is 2.18. The van der Waals surface area contributed by atoms with Crippen LogP contribution in [0, 0.1) is 13.8 Å². The lowest BCUT2D eigenvalue weighted by atomic mass is 10.2. The molecule has 1 amide bonds. The molecule has 3 aromatic rings. The highest BCUT2D eigenvalue weighted by molar-refractivity contribution is 7.16. The van der Waals surface area contributed by atoms with Gasteiger partial charge >= 0.3 is 5.91 Å². The summed E-state index contributed by atoms with van der Waals surface area (Å²) in [7, 11) is 0. The molecule has 3 rings (SSSR count). The molecule has 0 spiro atoms. The Morgan fingerprint density at radius 1 is 1.38 bits per heavy atom. The van der Waals surface area contributed by atoms with Gasteiger partial charge in [0.05, 0.1) is 10.2 Å². The predicted octanol–water partition coefficient (Wildman–Crippen LogP) is 3.07. The Morgan fingerprint density at radius 2 is 2.19 bits per heavy atom. The van der Waals surface area contributed by atoms with Gasteiger partial charge in [0.1, 0.15) is 5.76 Å². The van der Waals surface area contributed by atoms with Crippen molar-refractivity contribution in [2.24, 2.45) is 4.99 Å². The smallest absolute Gasteiger partial charge is 0.301 e. The monoisotopic (exact) mass is 301 g/mol. The van der Waals surface area contributed by atoms with Crippen LogP contribution in [-0.2, 0) is 6.54 Å².